The average molecular weight is 195 g/mol. The van der Waals surface area contributed by atoms with Crippen molar-refractivity contribution in [3.63, 3.8) is 0 Å². The van der Waals surface area contributed by atoms with Crippen molar-refractivity contribution >= 4 is 20.3 Å². The van der Waals surface area contributed by atoms with Crippen LogP contribution in [0.3, 0.4) is 0 Å². The molecule has 0 aliphatic carbocycles. The first-order chi connectivity index (χ1) is 4.81. The maximum Gasteiger partial charge on any atom is 1.00 e. The second-order valence-corrected chi connectivity index (χ2v) is 2.05. The fourth-order valence-corrected chi connectivity index (χ4v) is 0.631. The molecule has 2 N–H and O–H groups in total. The minimum absolute atomic E-state index is 0. The fraction of sp³-hybridized carbons (Fsp3) is 0. The van der Waals surface area contributed by atoms with Gasteiger partial charge in [-0.25, -0.2) is 0 Å². The molecule has 0 saturated carbocycles. The zero-order chi connectivity index (χ0) is 7.82. The van der Waals surface area contributed by atoms with Crippen LogP contribution in [0.25, 0.3) is 0 Å². The van der Waals surface area contributed by atoms with E-state index in [9.17, 15) is 0 Å². The van der Waals surface area contributed by atoms with E-state index in [0.29, 0.717) is 0 Å². The summed E-state index contributed by atoms with van der Waals surface area (Å²) in [5.74, 6) is 0. The molecule has 0 heterocycles. The molecule has 0 saturated heterocycles. The van der Waals surface area contributed by atoms with E-state index in [1.54, 1.807) is 0 Å². The van der Waals surface area contributed by atoms with Gasteiger partial charge in [0.05, 0.1) is 0 Å². The van der Waals surface area contributed by atoms with Crippen LogP contribution in [0.15, 0.2) is 35.2 Å². The van der Waals surface area contributed by atoms with Crippen molar-refractivity contribution in [1.29, 1.82) is 0 Å². The molecular weight excluding hydrogens is 186 g/mol. The molecule has 3 nitrogen and oxygen atoms in total. The van der Waals surface area contributed by atoms with Gasteiger partial charge >= 0.3 is 29.6 Å². The van der Waals surface area contributed by atoms with Crippen LogP contribution in [-0.2, 0) is 12.6 Å². The quantitative estimate of drug-likeness (QED) is 0.336. The summed E-state index contributed by atoms with van der Waals surface area (Å²) in [6, 6.07) is 9.96. The van der Waals surface area contributed by atoms with Crippen LogP contribution in [0.2, 0.25) is 0 Å². The molecule has 0 aliphatic rings. The SMILES string of the molecule is [Na+].[O-][B]O.[OH-].[SH2+]c1ccccc1. The van der Waals surface area contributed by atoms with Crippen molar-refractivity contribution in [2.45, 2.75) is 4.90 Å². The molecule has 1 rings (SSSR count). The van der Waals surface area contributed by atoms with E-state index < -0.39 is 0 Å². The zero-order valence-electron chi connectivity index (χ0n) is 6.77. The van der Waals surface area contributed by atoms with E-state index in [0.717, 1.165) is 4.90 Å². The van der Waals surface area contributed by atoms with Crippen LogP contribution in [0.5, 0.6) is 0 Å². The predicted octanol–water partition coefficient (Wildman–Crippen LogP) is -4.24. The van der Waals surface area contributed by atoms with E-state index in [-0.39, 0.29) is 42.7 Å². The second kappa shape index (κ2) is 14.1. The normalized spacial score (nSPS) is 6.25. The predicted molar refractivity (Wildman–Crippen MR) is 44.8 cm³/mol. The van der Waals surface area contributed by atoms with Gasteiger partial charge in [-0.05, 0) is 24.8 Å². The third-order valence-corrected chi connectivity index (χ3v) is 1.11. The number of benzene rings is 1. The first-order valence-corrected chi connectivity index (χ1v) is 3.15. The van der Waals surface area contributed by atoms with Crippen molar-refractivity contribution in [2.24, 2.45) is 0 Å². The molecule has 0 fully saturated rings. The van der Waals surface area contributed by atoms with Gasteiger partial charge in [-0.2, -0.15) is 0 Å². The molecule has 0 aromatic heterocycles. The van der Waals surface area contributed by atoms with Crippen molar-refractivity contribution in [3.05, 3.63) is 30.3 Å². The van der Waals surface area contributed by atoms with Crippen molar-refractivity contribution in [2.75, 3.05) is 0 Å². The summed E-state index contributed by atoms with van der Waals surface area (Å²) in [5.41, 5.74) is 0. The van der Waals surface area contributed by atoms with E-state index in [1.165, 1.54) is 0 Å². The van der Waals surface area contributed by atoms with Gasteiger partial charge in [0.2, 0.25) is 0 Å². The van der Waals surface area contributed by atoms with Crippen molar-refractivity contribution in [1.82, 2.24) is 0 Å². The minimum Gasteiger partial charge on any atom is -0.870 e. The molecule has 6 heteroatoms. The maximum absolute atomic E-state index is 8.36. The number of hydrogen-bond donors (Lipinski definition) is 1. The molecule has 0 aliphatic heterocycles. The third-order valence-electron chi connectivity index (χ3n) is 0.774. The van der Waals surface area contributed by atoms with Gasteiger partial charge in [-0.3, -0.25) is 0 Å². The van der Waals surface area contributed by atoms with Crippen LogP contribution < -0.4 is 34.6 Å². The molecule has 12 heavy (non-hydrogen) atoms. The zero-order valence-corrected chi connectivity index (χ0v) is 9.77. The van der Waals surface area contributed by atoms with Gasteiger partial charge < -0.3 is 15.5 Å². The average Bonchev–Trinajstić information content (AvgIpc) is 1.91. The molecular formula is C6H9BNaO3S. The Morgan fingerprint density at radius 1 is 1.25 bits per heavy atom. The van der Waals surface area contributed by atoms with Gasteiger partial charge in [-0.15, -0.1) is 0 Å². The third kappa shape index (κ3) is 13.1. The van der Waals surface area contributed by atoms with E-state index in [4.69, 9.17) is 10.0 Å². The molecule has 0 atom stereocenters. The summed E-state index contributed by atoms with van der Waals surface area (Å²) >= 11 is 3.36. The van der Waals surface area contributed by atoms with Crippen LogP contribution in [0.1, 0.15) is 0 Å². The smallest absolute Gasteiger partial charge is 0.870 e. The number of rotatable bonds is 0. The topological polar surface area (TPSA) is 73.3 Å². The first-order valence-electron chi connectivity index (χ1n) is 2.65. The molecule has 1 radical (unpaired) electrons. The standard InChI is InChI=1S/C6H6S.BHO2.Na.H2O/c7-6-4-2-1-3-5-6;2-1-3;;/h1-5,7H;2H;;1H2/q;-1;+1;. The van der Waals surface area contributed by atoms with Gasteiger partial charge in [0.1, 0.15) is 4.90 Å². The molecule has 0 bridgehead atoms. The van der Waals surface area contributed by atoms with Gasteiger partial charge in [0.15, 0.2) is 7.69 Å². The Kier molecular flexibility index (Phi) is 21.5. The molecule has 1 aromatic rings. The Morgan fingerprint density at radius 3 is 1.75 bits per heavy atom. The van der Waals surface area contributed by atoms with Gasteiger partial charge in [-0.1, -0.05) is 18.2 Å². The van der Waals surface area contributed by atoms with Crippen LogP contribution in [0, 0.1) is 0 Å². The largest absolute Gasteiger partial charge is 1.00 e. The Bertz CT molecular complexity index is 164. The van der Waals surface area contributed by atoms with Crippen LogP contribution in [0.4, 0.5) is 0 Å². The molecule has 0 amide bonds. The van der Waals surface area contributed by atoms with Crippen LogP contribution >= 0.6 is 0 Å². The number of hydrogen-bond acceptors (Lipinski definition) is 3. The Balaban J connectivity index is -0.000000146. The van der Waals surface area contributed by atoms with Gasteiger partial charge in [0.25, 0.3) is 0 Å². The fourth-order valence-electron chi connectivity index (χ4n) is 0.438. The summed E-state index contributed by atoms with van der Waals surface area (Å²) in [6.45, 7) is 0. The maximum atomic E-state index is 8.36. The molecule has 1 aromatic carbocycles. The Hall–Kier alpha value is 0.515. The molecule has 61 valence electrons. The van der Waals surface area contributed by atoms with Crippen molar-refractivity contribution < 1.29 is 45.1 Å². The van der Waals surface area contributed by atoms with E-state index >= 15 is 0 Å². The summed E-state index contributed by atoms with van der Waals surface area (Å²) in [7, 11) is -0.250. The first kappa shape index (κ1) is 18.3. The van der Waals surface area contributed by atoms with Crippen molar-refractivity contribution in [3.8, 4) is 0 Å². The van der Waals surface area contributed by atoms with E-state index in [1.807, 2.05) is 30.3 Å². The second-order valence-electron chi connectivity index (χ2n) is 1.47. The monoisotopic (exact) mass is 195 g/mol. The summed E-state index contributed by atoms with van der Waals surface area (Å²) in [4.78, 5) is 1.13. The summed E-state index contributed by atoms with van der Waals surface area (Å²) in [5, 5.41) is 15.2. The minimum atomic E-state index is -0.250. The van der Waals surface area contributed by atoms with Gasteiger partial charge in [0, 0.05) is 0 Å². The summed E-state index contributed by atoms with van der Waals surface area (Å²) < 4.78 is 0. The van der Waals surface area contributed by atoms with Crippen LogP contribution in [-0.4, -0.2) is 18.2 Å². The Morgan fingerprint density at radius 2 is 1.58 bits per heavy atom. The molecule has 0 unspecified atom stereocenters. The molecule has 0 spiro atoms. The summed E-state index contributed by atoms with van der Waals surface area (Å²) in [6.07, 6.45) is 0. The Labute approximate surface area is 100 Å². The van der Waals surface area contributed by atoms with E-state index in [2.05, 4.69) is 12.6 Å².